The van der Waals surface area contributed by atoms with Gasteiger partial charge in [-0.1, -0.05) is 29.4 Å². The second-order valence-electron chi connectivity index (χ2n) is 5.54. The molecule has 1 amide bonds. The van der Waals surface area contributed by atoms with Crippen molar-refractivity contribution >= 4 is 22.9 Å². The Morgan fingerprint density at radius 2 is 2.09 bits per heavy atom. The molecule has 0 radical (unpaired) electrons. The number of nitrogens with zero attached hydrogens (tertiary/aromatic N) is 3. The van der Waals surface area contributed by atoms with Gasteiger partial charge in [0.1, 0.15) is 0 Å². The van der Waals surface area contributed by atoms with Crippen LogP contribution in [0.2, 0.25) is 0 Å². The van der Waals surface area contributed by atoms with Gasteiger partial charge in [-0.3, -0.25) is 4.79 Å². The minimum absolute atomic E-state index is 0.0106. The van der Waals surface area contributed by atoms with E-state index in [1.54, 1.807) is 16.2 Å². The van der Waals surface area contributed by atoms with Gasteiger partial charge in [0.25, 0.3) is 0 Å². The molecule has 1 aliphatic rings. The van der Waals surface area contributed by atoms with Crippen LogP contribution in [0.25, 0.3) is 0 Å². The Bertz CT molecular complexity index is 798. The van der Waals surface area contributed by atoms with Crippen LogP contribution in [-0.4, -0.2) is 22.6 Å². The summed E-state index contributed by atoms with van der Waals surface area (Å²) in [5, 5.41) is 6.11. The first-order valence-corrected chi connectivity index (χ1v) is 8.38. The van der Waals surface area contributed by atoms with Crippen molar-refractivity contribution in [2.75, 3.05) is 11.4 Å². The van der Waals surface area contributed by atoms with Gasteiger partial charge in [0, 0.05) is 29.4 Å². The maximum atomic E-state index is 12.3. The lowest BCUT2D eigenvalue weighted by Gasteiger charge is -2.15. The molecule has 0 aliphatic carbocycles. The Morgan fingerprint density at radius 1 is 1.22 bits per heavy atom. The van der Waals surface area contributed by atoms with Gasteiger partial charge >= 0.3 is 0 Å². The third-order valence-electron chi connectivity index (χ3n) is 3.95. The van der Waals surface area contributed by atoms with Gasteiger partial charge in [0.05, 0.1) is 6.42 Å². The highest BCUT2D eigenvalue weighted by molar-refractivity contribution is 7.09. The lowest BCUT2D eigenvalue weighted by atomic mass is 10.1. The Balaban J connectivity index is 1.49. The molecular weight excluding hydrogens is 310 g/mol. The van der Waals surface area contributed by atoms with E-state index in [0.717, 1.165) is 5.69 Å². The second-order valence-corrected chi connectivity index (χ2v) is 6.58. The molecule has 1 saturated heterocycles. The number of rotatable bonds is 4. The molecular formula is C17H15N3O2S. The largest absolute Gasteiger partial charge is 0.339 e. The first-order chi connectivity index (χ1) is 11.3. The van der Waals surface area contributed by atoms with Crippen molar-refractivity contribution in [1.82, 2.24) is 10.1 Å². The normalized spacial score (nSPS) is 17.8. The van der Waals surface area contributed by atoms with Crippen LogP contribution < -0.4 is 4.90 Å². The minimum Gasteiger partial charge on any atom is -0.339 e. The summed E-state index contributed by atoms with van der Waals surface area (Å²) in [5.41, 5.74) is 0.919. The molecule has 1 atom stereocenters. The molecule has 0 unspecified atom stereocenters. The molecule has 6 heteroatoms. The molecule has 1 aromatic carbocycles. The lowest BCUT2D eigenvalue weighted by molar-refractivity contribution is -0.117. The molecule has 23 heavy (non-hydrogen) atoms. The zero-order valence-corrected chi connectivity index (χ0v) is 13.2. The number of thiophene rings is 1. The molecule has 0 saturated carbocycles. The van der Waals surface area contributed by atoms with Crippen LogP contribution in [0, 0.1) is 0 Å². The number of benzene rings is 1. The average Bonchev–Trinajstić information content (AvgIpc) is 3.30. The highest BCUT2D eigenvalue weighted by atomic mass is 32.1. The van der Waals surface area contributed by atoms with Crippen LogP contribution >= 0.6 is 11.3 Å². The maximum Gasteiger partial charge on any atom is 0.231 e. The molecule has 4 rings (SSSR count). The van der Waals surface area contributed by atoms with Crippen LogP contribution in [0.3, 0.4) is 0 Å². The molecule has 0 N–H and O–H groups in total. The molecule has 2 aromatic heterocycles. The number of hydrogen-bond acceptors (Lipinski definition) is 5. The van der Waals surface area contributed by atoms with Gasteiger partial charge in [0.15, 0.2) is 5.82 Å². The van der Waals surface area contributed by atoms with Crippen LogP contribution in [0.5, 0.6) is 0 Å². The summed E-state index contributed by atoms with van der Waals surface area (Å²) in [7, 11) is 0. The van der Waals surface area contributed by atoms with E-state index in [-0.39, 0.29) is 11.8 Å². The summed E-state index contributed by atoms with van der Waals surface area (Å²) >= 11 is 1.67. The molecule has 1 aliphatic heterocycles. The van der Waals surface area contributed by atoms with Crippen molar-refractivity contribution < 1.29 is 9.32 Å². The fraction of sp³-hybridized carbons (Fsp3) is 0.235. The summed E-state index contributed by atoms with van der Waals surface area (Å²) in [6.07, 6.45) is 1.07. The van der Waals surface area contributed by atoms with Gasteiger partial charge in [-0.15, -0.1) is 11.3 Å². The molecule has 5 nitrogen and oxygen atoms in total. The first-order valence-electron chi connectivity index (χ1n) is 7.50. The van der Waals surface area contributed by atoms with Crippen LogP contribution in [-0.2, 0) is 11.2 Å². The number of aromatic nitrogens is 2. The van der Waals surface area contributed by atoms with E-state index in [1.807, 2.05) is 47.8 Å². The van der Waals surface area contributed by atoms with E-state index >= 15 is 0 Å². The minimum atomic E-state index is -0.0106. The Morgan fingerprint density at radius 3 is 2.87 bits per heavy atom. The van der Waals surface area contributed by atoms with Gasteiger partial charge in [-0.2, -0.15) is 4.98 Å². The summed E-state index contributed by atoms with van der Waals surface area (Å²) in [6, 6.07) is 13.7. The first kappa shape index (κ1) is 14.1. The smallest absolute Gasteiger partial charge is 0.231 e. The Hall–Kier alpha value is -2.47. The fourth-order valence-electron chi connectivity index (χ4n) is 2.81. The number of amides is 1. The highest BCUT2D eigenvalue weighted by Crippen LogP contribution is 2.30. The second kappa shape index (κ2) is 5.96. The van der Waals surface area contributed by atoms with Crippen molar-refractivity contribution in [2.45, 2.75) is 18.8 Å². The zero-order valence-electron chi connectivity index (χ0n) is 12.4. The van der Waals surface area contributed by atoms with Crippen molar-refractivity contribution in [3.8, 4) is 0 Å². The molecule has 3 aromatic rings. The van der Waals surface area contributed by atoms with Crippen molar-refractivity contribution in [2.24, 2.45) is 0 Å². The van der Waals surface area contributed by atoms with E-state index in [4.69, 9.17) is 4.52 Å². The zero-order chi connectivity index (χ0) is 15.6. The number of carbonyl (C=O) groups excluding carboxylic acids is 1. The van der Waals surface area contributed by atoms with Crippen molar-refractivity contribution in [3.63, 3.8) is 0 Å². The number of anilines is 1. The topological polar surface area (TPSA) is 59.2 Å². The SMILES string of the molecule is O=C1C[C@H](c2noc(Cc3cccs3)n2)CN1c1ccccc1. The van der Waals surface area contributed by atoms with Gasteiger partial charge in [-0.25, -0.2) is 0 Å². The van der Waals surface area contributed by atoms with Gasteiger partial charge in [0.2, 0.25) is 11.8 Å². The van der Waals surface area contributed by atoms with Gasteiger partial charge < -0.3 is 9.42 Å². The predicted octanol–water partition coefficient (Wildman–Crippen LogP) is 3.24. The molecule has 116 valence electrons. The third-order valence-corrected chi connectivity index (χ3v) is 4.82. The highest BCUT2D eigenvalue weighted by Gasteiger charge is 2.34. The summed E-state index contributed by atoms with van der Waals surface area (Å²) in [4.78, 5) is 19.7. The predicted molar refractivity (Wildman–Crippen MR) is 87.6 cm³/mol. The quantitative estimate of drug-likeness (QED) is 0.739. The fourth-order valence-corrected chi connectivity index (χ4v) is 3.50. The van der Waals surface area contributed by atoms with Crippen LogP contribution in [0.15, 0.2) is 52.4 Å². The van der Waals surface area contributed by atoms with E-state index in [9.17, 15) is 4.79 Å². The van der Waals surface area contributed by atoms with E-state index < -0.39 is 0 Å². The Labute approximate surface area is 137 Å². The Kier molecular flexibility index (Phi) is 3.67. The molecule has 1 fully saturated rings. The van der Waals surface area contributed by atoms with E-state index in [2.05, 4.69) is 10.1 Å². The summed E-state index contributed by atoms with van der Waals surface area (Å²) in [5.74, 6) is 1.32. The molecule has 0 spiro atoms. The molecule has 0 bridgehead atoms. The number of hydrogen-bond donors (Lipinski definition) is 0. The summed E-state index contributed by atoms with van der Waals surface area (Å²) in [6.45, 7) is 0.598. The van der Waals surface area contributed by atoms with Crippen molar-refractivity contribution in [3.05, 3.63) is 64.4 Å². The maximum absolute atomic E-state index is 12.3. The lowest BCUT2D eigenvalue weighted by Crippen LogP contribution is -2.24. The standard InChI is InChI=1S/C17H15N3O2S/c21-16-9-12(11-20(16)13-5-2-1-3-6-13)17-18-15(22-19-17)10-14-7-4-8-23-14/h1-8,12H,9-11H2/t12-/m0/s1. The monoisotopic (exact) mass is 325 g/mol. The number of carbonyl (C=O) groups is 1. The van der Waals surface area contributed by atoms with Crippen LogP contribution in [0.1, 0.15) is 28.9 Å². The van der Waals surface area contributed by atoms with E-state index in [1.165, 1.54) is 4.88 Å². The number of para-hydroxylation sites is 1. The average molecular weight is 325 g/mol. The van der Waals surface area contributed by atoms with Crippen LogP contribution in [0.4, 0.5) is 5.69 Å². The third kappa shape index (κ3) is 2.90. The summed E-state index contributed by atoms with van der Waals surface area (Å²) < 4.78 is 5.34. The van der Waals surface area contributed by atoms with Crippen molar-refractivity contribution in [1.29, 1.82) is 0 Å². The van der Waals surface area contributed by atoms with E-state index in [0.29, 0.717) is 31.1 Å². The van der Waals surface area contributed by atoms with Gasteiger partial charge in [-0.05, 0) is 23.6 Å². The molecule has 3 heterocycles.